The van der Waals surface area contributed by atoms with Gasteiger partial charge >= 0.3 is 19.3 Å². The highest BCUT2D eigenvalue weighted by molar-refractivity contribution is 6.41. The number of piperazine rings is 1. The van der Waals surface area contributed by atoms with Gasteiger partial charge in [-0.15, -0.1) is 0 Å². The molecule has 3 rings (SSSR count). The van der Waals surface area contributed by atoms with E-state index < -0.39 is 24.8 Å². The van der Waals surface area contributed by atoms with Crippen molar-refractivity contribution in [1.82, 2.24) is 20.0 Å². The number of alkyl carbamates (subject to hydrolysis) is 1. The minimum absolute atomic E-state index is 0.0490. The fraction of sp³-hybridized carbons (Fsp3) is 0.556. The molecule has 0 aromatic heterocycles. The van der Waals surface area contributed by atoms with Crippen molar-refractivity contribution >= 4 is 25.2 Å². The highest BCUT2D eigenvalue weighted by atomic mass is 16.5. The Hall–Kier alpha value is -3.60. The molecule has 2 heterocycles. The van der Waals surface area contributed by atoms with Gasteiger partial charge in [0.2, 0.25) is 0 Å². The third kappa shape index (κ3) is 8.45. The number of nitrogens with one attached hydrogen (secondary N) is 1. The van der Waals surface area contributed by atoms with E-state index in [1.165, 1.54) is 7.11 Å². The average molecular weight is 555 g/mol. The molecule has 12 nitrogen and oxygen atoms in total. The third-order valence-electron chi connectivity index (χ3n) is 7.34. The Kier molecular flexibility index (Phi) is 11.0. The molecule has 2 fully saturated rings. The molecule has 216 valence electrons. The number of benzene rings is 1. The first-order valence-corrected chi connectivity index (χ1v) is 13.4. The van der Waals surface area contributed by atoms with Gasteiger partial charge in [-0.3, -0.25) is 9.69 Å². The summed E-state index contributed by atoms with van der Waals surface area (Å²) in [6, 6.07) is 10.4. The summed E-state index contributed by atoms with van der Waals surface area (Å²) in [7, 11) is -0.250. The number of amides is 3. The van der Waals surface area contributed by atoms with Crippen LogP contribution in [0.15, 0.2) is 42.0 Å². The van der Waals surface area contributed by atoms with Crippen molar-refractivity contribution in [1.29, 1.82) is 5.26 Å². The van der Waals surface area contributed by atoms with Gasteiger partial charge < -0.3 is 34.6 Å². The fourth-order valence-corrected chi connectivity index (χ4v) is 5.06. The summed E-state index contributed by atoms with van der Waals surface area (Å²) >= 11 is 0. The molecule has 2 atom stereocenters. The van der Waals surface area contributed by atoms with Crippen molar-refractivity contribution in [3.63, 3.8) is 0 Å². The van der Waals surface area contributed by atoms with Crippen LogP contribution in [0.25, 0.3) is 0 Å². The van der Waals surface area contributed by atoms with Crippen molar-refractivity contribution in [3.8, 4) is 6.07 Å². The van der Waals surface area contributed by atoms with Crippen molar-refractivity contribution < 1.29 is 33.9 Å². The van der Waals surface area contributed by atoms with Gasteiger partial charge in [-0.2, -0.15) is 5.26 Å². The first-order chi connectivity index (χ1) is 19.0. The maximum atomic E-state index is 13.2. The van der Waals surface area contributed by atoms with Crippen LogP contribution in [0.3, 0.4) is 0 Å². The second kappa shape index (κ2) is 14.2. The zero-order valence-electron chi connectivity index (χ0n) is 23.3. The van der Waals surface area contributed by atoms with Gasteiger partial charge in [-0.05, 0) is 31.9 Å². The molecule has 2 aliphatic rings. The normalized spacial score (nSPS) is 19.0. The predicted molar refractivity (Wildman–Crippen MR) is 147 cm³/mol. The topological polar surface area (TPSA) is 156 Å². The lowest BCUT2D eigenvalue weighted by Crippen LogP contribution is -2.55. The van der Waals surface area contributed by atoms with Gasteiger partial charge in [0.05, 0.1) is 19.8 Å². The van der Waals surface area contributed by atoms with Crippen molar-refractivity contribution in [2.45, 2.75) is 38.2 Å². The van der Waals surface area contributed by atoms with E-state index in [0.29, 0.717) is 51.3 Å². The Labute approximate surface area is 235 Å². The molecule has 0 unspecified atom stereocenters. The number of nitriles is 1. The SMILES string of the molecule is COC(=O)N1CCN(C(C)(C)C=C(C#N)C(=O)N2CC[C@H](COC(=O)N[C@H](CB(O)O)c3ccccc3)C2)CC1. The van der Waals surface area contributed by atoms with E-state index >= 15 is 0 Å². The lowest BCUT2D eigenvalue weighted by atomic mass is 9.79. The number of carbonyl (C=O) groups excluding carboxylic acids is 3. The van der Waals surface area contributed by atoms with E-state index in [1.54, 1.807) is 40.1 Å². The summed E-state index contributed by atoms with van der Waals surface area (Å²) in [6.45, 7) is 6.89. The molecule has 0 radical (unpaired) electrons. The summed E-state index contributed by atoms with van der Waals surface area (Å²) in [5, 5.41) is 31.3. The lowest BCUT2D eigenvalue weighted by Gasteiger charge is -2.42. The van der Waals surface area contributed by atoms with E-state index in [9.17, 15) is 29.7 Å². The van der Waals surface area contributed by atoms with Crippen molar-refractivity contribution in [3.05, 3.63) is 47.5 Å². The fourth-order valence-electron chi connectivity index (χ4n) is 5.06. The van der Waals surface area contributed by atoms with Gasteiger partial charge in [0, 0.05) is 57.0 Å². The number of hydrogen-bond acceptors (Lipinski definition) is 9. The number of nitrogens with zero attached hydrogens (tertiary/aromatic N) is 4. The van der Waals surface area contributed by atoms with Crippen LogP contribution < -0.4 is 5.32 Å². The standard InChI is InChI=1S/C27H38BN5O7/c1-27(2,33-13-11-31(12-14-33)26(36)39-3)15-22(17-29)24(34)32-10-9-20(18-32)19-40-25(35)30-23(16-28(37)38)21-7-5-4-6-8-21/h4-8,15,20,23,37-38H,9-14,16,18-19H2,1-3H3,(H,30,35)/t20-,23+/m0/s1. The van der Waals surface area contributed by atoms with E-state index in [0.717, 1.165) is 0 Å². The smallest absolute Gasteiger partial charge is 0.453 e. The van der Waals surface area contributed by atoms with Crippen LogP contribution in [0, 0.1) is 17.2 Å². The summed E-state index contributed by atoms with van der Waals surface area (Å²) < 4.78 is 10.2. The molecule has 2 aliphatic heterocycles. The van der Waals surface area contributed by atoms with Gasteiger partial charge in [-0.1, -0.05) is 30.3 Å². The Morgan fingerprint density at radius 2 is 1.82 bits per heavy atom. The minimum atomic E-state index is -1.60. The highest BCUT2D eigenvalue weighted by Gasteiger charge is 2.34. The molecule has 13 heteroatoms. The molecule has 3 N–H and O–H groups in total. The molecular formula is C27H38BN5O7. The molecular weight excluding hydrogens is 517 g/mol. The second-order valence-electron chi connectivity index (χ2n) is 10.6. The summed E-state index contributed by atoms with van der Waals surface area (Å²) in [5.74, 6) is -0.454. The highest BCUT2D eigenvalue weighted by Crippen LogP contribution is 2.24. The summed E-state index contributed by atoms with van der Waals surface area (Å²) in [4.78, 5) is 42.7. The number of likely N-dealkylation sites (tertiary alicyclic amines) is 1. The molecule has 0 spiro atoms. The minimum Gasteiger partial charge on any atom is -0.453 e. The molecule has 1 aromatic rings. The number of carbonyl (C=O) groups is 3. The summed E-state index contributed by atoms with van der Waals surface area (Å²) in [6.07, 6.45) is 1.15. The van der Waals surface area contributed by atoms with Crippen LogP contribution in [-0.2, 0) is 14.3 Å². The Bertz CT molecular complexity index is 1100. The lowest BCUT2D eigenvalue weighted by molar-refractivity contribution is -0.125. The number of hydrogen-bond donors (Lipinski definition) is 3. The van der Waals surface area contributed by atoms with Gasteiger partial charge in [0.1, 0.15) is 11.6 Å². The first kappa shape index (κ1) is 30.9. The van der Waals surface area contributed by atoms with E-state index in [1.807, 2.05) is 19.9 Å². The van der Waals surface area contributed by atoms with Gasteiger partial charge in [-0.25, -0.2) is 9.59 Å². The van der Waals surface area contributed by atoms with Crippen LogP contribution in [-0.4, -0.2) is 108 Å². The van der Waals surface area contributed by atoms with Gasteiger partial charge in [0.15, 0.2) is 0 Å². The van der Waals surface area contributed by atoms with Crippen LogP contribution >= 0.6 is 0 Å². The van der Waals surface area contributed by atoms with Crippen molar-refractivity contribution in [2.75, 3.05) is 53.0 Å². The van der Waals surface area contributed by atoms with Crippen LogP contribution in [0.1, 0.15) is 31.9 Å². The Morgan fingerprint density at radius 1 is 1.15 bits per heavy atom. The van der Waals surface area contributed by atoms with E-state index in [2.05, 4.69) is 16.3 Å². The zero-order chi connectivity index (χ0) is 29.3. The van der Waals surface area contributed by atoms with Crippen LogP contribution in [0.2, 0.25) is 6.32 Å². The molecule has 3 amide bonds. The molecule has 0 saturated carbocycles. The van der Waals surface area contributed by atoms with E-state index in [4.69, 9.17) is 9.47 Å². The maximum absolute atomic E-state index is 13.2. The second-order valence-corrected chi connectivity index (χ2v) is 10.6. The summed E-state index contributed by atoms with van der Waals surface area (Å²) in [5.41, 5.74) is 0.183. The zero-order valence-corrected chi connectivity index (χ0v) is 23.3. The molecule has 40 heavy (non-hydrogen) atoms. The van der Waals surface area contributed by atoms with Crippen LogP contribution in [0.4, 0.5) is 9.59 Å². The molecule has 0 aliphatic carbocycles. The monoisotopic (exact) mass is 555 g/mol. The molecule has 0 bridgehead atoms. The maximum Gasteiger partial charge on any atom is 0.453 e. The number of rotatable bonds is 9. The number of ether oxygens (including phenoxy) is 2. The molecule has 1 aromatic carbocycles. The van der Waals surface area contributed by atoms with Gasteiger partial charge in [0.25, 0.3) is 5.91 Å². The quantitative estimate of drug-likeness (QED) is 0.233. The Balaban J connectivity index is 1.52. The first-order valence-electron chi connectivity index (χ1n) is 13.4. The average Bonchev–Trinajstić information content (AvgIpc) is 3.43. The largest absolute Gasteiger partial charge is 0.453 e. The molecule has 2 saturated heterocycles. The number of methoxy groups -OCH3 is 1. The Morgan fingerprint density at radius 3 is 2.42 bits per heavy atom. The predicted octanol–water partition coefficient (Wildman–Crippen LogP) is 1.39. The van der Waals surface area contributed by atoms with Crippen molar-refractivity contribution in [2.24, 2.45) is 5.92 Å². The third-order valence-corrected chi connectivity index (χ3v) is 7.34. The van der Waals surface area contributed by atoms with E-state index in [-0.39, 0.29) is 36.4 Å². The van der Waals surface area contributed by atoms with Crippen LogP contribution in [0.5, 0.6) is 0 Å².